The number of nitrogens with zero attached hydrogens (tertiary/aromatic N) is 1. The van der Waals surface area contributed by atoms with Crippen LogP contribution in [0.4, 0.5) is 0 Å². The number of aliphatic hydroxyl groups is 1. The van der Waals surface area contributed by atoms with E-state index >= 15 is 0 Å². The standard InChI is InChI=1S/C9H19NO4S/c1-10(4-6-15(2,12)13)8-7-14-5-3-9(8)11/h8-9,11H,3-7H2,1-2H3. The van der Waals surface area contributed by atoms with E-state index in [-0.39, 0.29) is 11.8 Å². The van der Waals surface area contributed by atoms with Crippen molar-refractivity contribution in [3.63, 3.8) is 0 Å². The molecule has 1 rings (SSSR count). The van der Waals surface area contributed by atoms with E-state index in [1.165, 1.54) is 6.26 Å². The molecular formula is C9H19NO4S. The van der Waals surface area contributed by atoms with Crippen molar-refractivity contribution in [3.8, 4) is 0 Å². The van der Waals surface area contributed by atoms with Crippen LogP contribution in [0.3, 0.4) is 0 Å². The van der Waals surface area contributed by atoms with Gasteiger partial charge in [-0.25, -0.2) is 8.42 Å². The summed E-state index contributed by atoms with van der Waals surface area (Å²) in [6.07, 6.45) is 1.42. The van der Waals surface area contributed by atoms with Crippen molar-refractivity contribution in [1.82, 2.24) is 4.90 Å². The maximum Gasteiger partial charge on any atom is 0.148 e. The molecule has 0 spiro atoms. The Bertz CT molecular complexity index is 290. The summed E-state index contributed by atoms with van der Waals surface area (Å²) in [5.41, 5.74) is 0. The summed E-state index contributed by atoms with van der Waals surface area (Å²) >= 11 is 0. The van der Waals surface area contributed by atoms with E-state index in [9.17, 15) is 13.5 Å². The molecule has 0 aromatic rings. The second kappa shape index (κ2) is 5.25. The van der Waals surface area contributed by atoms with Crippen LogP contribution in [0.15, 0.2) is 0 Å². The molecule has 0 aromatic heterocycles. The molecule has 1 heterocycles. The zero-order valence-electron chi connectivity index (χ0n) is 9.22. The molecule has 0 amide bonds. The van der Waals surface area contributed by atoms with Gasteiger partial charge in [-0.05, 0) is 13.5 Å². The first-order valence-electron chi connectivity index (χ1n) is 5.04. The molecule has 90 valence electrons. The van der Waals surface area contributed by atoms with Crippen molar-refractivity contribution in [2.75, 3.05) is 38.8 Å². The highest BCUT2D eigenvalue weighted by molar-refractivity contribution is 7.90. The Hall–Kier alpha value is -0.170. The van der Waals surface area contributed by atoms with Crippen LogP contribution in [0, 0.1) is 0 Å². The number of hydrogen-bond donors (Lipinski definition) is 1. The van der Waals surface area contributed by atoms with Gasteiger partial charge in [-0.2, -0.15) is 0 Å². The van der Waals surface area contributed by atoms with E-state index < -0.39 is 15.9 Å². The predicted octanol–water partition coefficient (Wildman–Crippen LogP) is -0.887. The summed E-state index contributed by atoms with van der Waals surface area (Å²) in [4.78, 5) is 1.85. The van der Waals surface area contributed by atoms with Gasteiger partial charge < -0.3 is 9.84 Å². The summed E-state index contributed by atoms with van der Waals surface area (Å²) in [5, 5.41) is 9.70. The Morgan fingerprint density at radius 2 is 2.20 bits per heavy atom. The quantitative estimate of drug-likeness (QED) is 0.687. The Morgan fingerprint density at radius 1 is 1.53 bits per heavy atom. The fourth-order valence-electron chi connectivity index (χ4n) is 1.61. The van der Waals surface area contributed by atoms with Crippen LogP contribution in [0.25, 0.3) is 0 Å². The van der Waals surface area contributed by atoms with Gasteiger partial charge in [0.05, 0.1) is 24.5 Å². The Morgan fingerprint density at radius 3 is 2.73 bits per heavy atom. The highest BCUT2D eigenvalue weighted by Crippen LogP contribution is 2.12. The number of likely N-dealkylation sites (N-methyl/N-ethyl adjacent to an activating group) is 1. The SMILES string of the molecule is CN(CCS(C)(=O)=O)C1COCCC1O. The van der Waals surface area contributed by atoms with Gasteiger partial charge in [-0.3, -0.25) is 4.90 Å². The van der Waals surface area contributed by atoms with Crippen molar-refractivity contribution in [3.05, 3.63) is 0 Å². The number of sulfone groups is 1. The summed E-state index contributed by atoms with van der Waals surface area (Å²) in [7, 11) is -1.13. The molecule has 2 atom stereocenters. The molecule has 1 fully saturated rings. The predicted molar refractivity (Wildman–Crippen MR) is 57.6 cm³/mol. The average molecular weight is 237 g/mol. The second-order valence-electron chi connectivity index (χ2n) is 4.11. The first-order valence-corrected chi connectivity index (χ1v) is 7.10. The van der Waals surface area contributed by atoms with Crippen molar-refractivity contribution in [2.45, 2.75) is 18.6 Å². The number of aliphatic hydroxyl groups excluding tert-OH is 1. The minimum absolute atomic E-state index is 0.0829. The smallest absolute Gasteiger partial charge is 0.148 e. The summed E-state index contributed by atoms with van der Waals surface area (Å²) in [5.74, 6) is 0.118. The third-order valence-electron chi connectivity index (χ3n) is 2.67. The van der Waals surface area contributed by atoms with Crippen LogP contribution < -0.4 is 0 Å². The Kier molecular flexibility index (Phi) is 4.51. The Balaban J connectivity index is 2.41. The topological polar surface area (TPSA) is 66.8 Å². The molecule has 15 heavy (non-hydrogen) atoms. The van der Waals surface area contributed by atoms with Gasteiger partial charge in [0.15, 0.2) is 0 Å². The average Bonchev–Trinajstić information content (AvgIpc) is 2.14. The van der Waals surface area contributed by atoms with Gasteiger partial charge in [-0.15, -0.1) is 0 Å². The number of hydrogen-bond acceptors (Lipinski definition) is 5. The molecule has 0 saturated carbocycles. The van der Waals surface area contributed by atoms with Crippen LogP contribution in [0.1, 0.15) is 6.42 Å². The van der Waals surface area contributed by atoms with Crippen molar-refractivity contribution in [1.29, 1.82) is 0 Å². The molecule has 0 aliphatic carbocycles. The molecule has 5 nitrogen and oxygen atoms in total. The molecule has 2 unspecified atom stereocenters. The Labute approximate surface area is 90.9 Å². The van der Waals surface area contributed by atoms with Gasteiger partial charge >= 0.3 is 0 Å². The molecule has 0 radical (unpaired) electrons. The van der Waals surface area contributed by atoms with E-state index in [0.717, 1.165) is 0 Å². The fourth-order valence-corrected chi connectivity index (χ4v) is 2.23. The highest BCUT2D eigenvalue weighted by Gasteiger charge is 2.27. The molecular weight excluding hydrogens is 218 g/mol. The van der Waals surface area contributed by atoms with E-state index in [1.54, 1.807) is 0 Å². The molecule has 1 aliphatic rings. The lowest BCUT2D eigenvalue weighted by Gasteiger charge is -2.34. The minimum Gasteiger partial charge on any atom is -0.391 e. The zero-order chi connectivity index (χ0) is 11.5. The van der Waals surface area contributed by atoms with Crippen LogP contribution >= 0.6 is 0 Å². The second-order valence-corrected chi connectivity index (χ2v) is 6.37. The van der Waals surface area contributed by atoms with Crippen molar-refractivity contribution in [2.24, 2.45) is 0 Å². The zero-order valence-corrected chi connectivity index (χ0v) is 10.0. The number of ether oxygens (including phenoxy) is 1. The van der Waals surface area contributed by atoms with Crippen molar-refractivity contribution >= 4 is 9.84 Å². The lowest BCUT2D eigenvalue weighted by molar-refractivity contribution is -0.0526. The van der Waals surface area contributed by atoms with Gasteiger partial charge in [0.2, 0.25) is 0 Å². The van der Waals surface area contributed by atoms with E-state index in [0.29, 0.717) is 26.2 Å². The van der Waals surface area contributed by atoms with Crippen LogP contribution in [0.2, 0.25) is 0 Å². The van der Waals surface area contributed by atoms with Crippen LogP contribution in [-0.4, -0.2) is 69.4 Å². The first kappa shape index (κ1) is 12.9. The van der Waals surface area contributed by atoms with E-state index in [4.69, 9.17) is 4.74 Å². The van der Waals surface area contributed by atoms with E-state index in [1.807, 2.05) is 11.9 Å². The molecule has 6 heteroatoms. The highest BCUT2D eigenvalue weighted by atomic mass is 32.2. The normalized spacial score (nSPS) is 28.3. The molecule has 0 aromatic carbocycles. The summed E-state index contributed by atoms with van der Waals surface area (Å²) in [6, 6.07) is -0.0829. The largest absolute Gasteiger partial charge is 0.391 e. The number of rotatable bonds is 4. The monoisotopic (exact) mass is 237 g/mol. The maximum atomic E-state index is 11.0. The van der Waals surface area contributed by atoms with Crippen LogP contribution in [0.5, 0.6) is 0 Å². The van der Waals surface area contributed by atoms with Gasteiger partial charge in [-0.1, -0.05) is 0 Å². The van der Waals surface area contributed by atoms with Crippen molar-refractivity contribution < 1.29 is 18.3 Å². The lowest BCUT2D eigenvalue weighted by atomic mass is 10.1. The van der Waals surface area contributed by atoms with Gasteiger partial charge in [0.1, 0.15) is 9.84 Å². The summed E-state index contributed by atoms with van der Waals surface area (Å²) < 4.78 is 27.2. The maximum absolute atomic E-state index is 11.0. The van der Waals surface area contributed by atoms with E-state index in [2.05, 4.69) is 0 Å². The molecule has 1 saturated heterocycles. The fraction of sp³-hybridized carbons (Fsp3) is 1.00. The molecule has 1 N–H and O–H groups in total. The minimum atomic E-state index is -2.94. The first-order chi connectivity index (χ1) is 6.90. The molecule has 0 bridgehead atoms. The van der Waals surface area contributed by atoms with Gasteiger partial charge in [0, 0.05) is 19.4 Å². The van der Waals surface area contributed by atoms with Crippen LogP contribution in [-0.2, 0) is 14.6 Å². The molecule has 1 aliphatic heterocycles. The van der Waals surface area contributed by atoms with Gasteiger partial charge in [0.25, 0.3) is 0 Å². The third-order valence-corrected chi connectivity index (χ3v) is 3.60. The third kappa shape index (κ3) is 4.46. The lowest BCUT2D eigenvalue weighted by Crippen LogP contribution is -2.49. The summed E-state index contributed by atoms with van der Waals surface area (Å²) in [6.45, 7) is 1.49.